The molecule has 0 aromatic heterocycles. The molecule has 2 saturated heterocycles. The number of carbonyl (C=O) groups excluding carboxylic acids is 2. The van der Waals surface area contributed by atoms with Gasteiger partial charge >= 0.3 is 0 Å². The second-order valence-electron chi connectivity index (χ2n) is 6.19. The zero-order chi connectivity index (χ0) is 16.2. The van der Waals surface area contributed by atoms with Gasteiger partial charge in [0, 0.05) is 18.7 Å². The molecule has 0 radical (unpaired) electrons. The van der Waals surface area contributed by atoms with E-state index in [9.17, 15) is 14.9 Å². The number of nitrogens with zero attached hydrogens (tertiary/aromatic N) is 3. The van der Waals surface area contributed by atoms with Gasteiger partial charge < -0.3 is 9.80 Å². The molecule has 2 heterocycles. The van der Waals surface area contributed by atoms with Gasteiger partial charge in [0.05, 0.1) is 6.07 Å². The maximum absolute atomic E-state index is 12.9. The molecule has 2 aliphatic heterocycles. The van der Waals surface area contributed by atoms with Gasteiger partial charge in [-0.25, -0.2) is 0 Å². The first-order chi connectivity index (χ1) is 11.2. The second kappa shape index (κ2) is 6.82. The predicted molar refractivity (Wildman–Crippen MR) is 85.5 cm³/mol. The van der Waals surface area contributed by atoms with Crippen LogP contribution in [-0.4, -0.2) is 46.8 Å². The van der Waals surface area contributed by atoms with Gasteiger partial charge in [-0.05, 0) is 44.2 Å². The Labute approximate surface area is 136 Å². The van der Waals surface area contributed by atoms with Crippen molar-refractivity contribution >= 4 is 11.8 Å². The van der Waals surface area contributed by atoms with E-state index in [0.29, 0.717) is 25.1 Å². The number of likely N-dealkylation sites (tertiary alicyclic amines) is 2. The van der Waals surface area contributed by atoms with Crippen molar-refractivity contribution in [3.05, 3.63) is 35.9 Å². The third kappa shape index (κ3) is 3.07. The number of hydrogen-bond acceptors (Lipinski definition) is 3. The maximum Gasteiger partial charge on any atom is 0.254 e. The van der Waals surface area contributed by atoms with Crippen molar-refractivity contribution in [1.29, 1.82) is 5.26 Å². The van der Waals surface area contributed by atoms with Crippen LogP contribution in [0.5, 0.6) is 0 Å². The van der Waals surface area contributed by atoms with Crippen LogP contribution in [0.25, 0.3) is 0 Å². The summed E-state index contributed by atoms with van der Waals surface area (Å²) in [7, 11) is 0. The van der Waals surface area contributed by atoms with Gasteiger partial charge in [-0.15, -0.1) is 0 Å². The minimum Gasteiger partial charge on any atom is -0.327 e. The number of amides is 2. The van der Waals surface area contributed by atoms with E-state index in [4.69, 9.17) is 0 Å². The van der Waals surface area contributed by atoms with Crippen LogP contribution in [0.2, 0.25) is 0 Å². The summed E-state index contributed by atoms with van der Waals surface area (Å²) < 4.78 is 0. The Bertz CT molecular complexity index is 623. The maximum atomic E-state index is 12.9. The molecule has 0 saturated carbocycles. The fourth-order valence-corrected chi connectivity index (χ4v) is 3.53. The molecular formula is C18H21N3O2. The first kappa shape index (κ1) is 15.5. The van der Waals surface area contributed by atoms with Crippen molar-refractivity contribution in [3.63, 3.8) is 0 Å². The molecule has 2 atom stereocenters. The first-order valence-corrected chi connectivity index (χ1v) is 8.28. The smallest absolute Gasteiger partial charge is 0.254 e. The molecule has 2 fully saturated rings. The molecule has 23 heavy (non-hydrogen) atoms. The van der Waals surface area contributed by atoms with E-state index in [0.717, 1.165) is 25.7 Å². The number of piperidine rings is 1. The van der Waals surface area contributed by atoms with E-state index >= 15 is 0 Å². The fourth-order valence-electron chi connectivity index (χ4n) is 3.53. The normalized spacial score (nSPS) is 24.3. The highest BCUT2D eigenvalue weighted by Crippen LogP contribution is 2.25. The molecule has 1 aromatic rings. The van der Waals surface area contributed by atoms with Crippen molar-refractivity contribution in [3.8, 4) is 6.07 Å². The standard InChI is InChI=1S/C18H21N3O2/c19-13-15-9-6-12-20(15)18(23)16-10-4-5-11-21(16)17(22)14-7-2-1-3-8-14/h1-3,7-8,15-16H,4-6,9-12H2/t15?,16-/m0/s1. The van der Waals surface area contributed by atoms with Crippen molar-refractivity contribution in [1.82, 2.24) is 9.80 Å². The molecule has 0 N–H and O–H groups in total. The Morgan fingerprint density at radius 3 is 2.48 bits per heavy atom. The summed E-state index contributed by atoms with van der Waals surface area (Å²) in [6.07, 6.45) is 4.15. The summed E-state index contributed by atoms with van der Waals surface area (Å²) in [4.78, 5) is 29.0. The molecule has 0 aliphatic carbocycles. The average molecular weight is 311 g/mol. The lowest BCUT2D eigenvalue weighted by molar-refractivity contribution is -0.137. The molecule has 2 amide bonds. The second-order valence-corrected chi connectivity index (χ2v) is 6.19. The lowest BCUT2D eigenvalue weighted by Crippen LogP contribution is -2.53. The third-order valence-electron chi connectivity index (χ3n) is 4.75. The first-order valence-electron chi connectivity index (χ1n) is 8.28. The fraction of sp³-hybridized carbons (Fsp3) is 0.500. The highest BCUT2D eigenvalue weighted by Gasteiger charge is 2.38. The summed E-state index contributed by atoms with van der Waals surface area (Å²) in [5.74, 6) is -0.144. The lowest BCUT2D eigenvalue weighted by atomic mass is 9.99. The van der Waals surface area contributed by atoms with Crippen molar-refractivity contribution in [2.24, 2.45) is 0 Å². The van der Waals surface area contributed by atoms with Crippen molar-refractivity contribution in [2.75, 3.05) is 13.1 Å². The summed E-state index contributed by atoms with van der Waals surface area (Å²) in [5, 5.41) is 9.21. The highest BCUT2D eigenvalue weighted by molar-refractivity contribution is 5.97. The van der Waals surface area contributed by atoms with Gasteiger partial charge in [0.1, 0.15) is 12.1 Å². The zero-order valence-corrected chi connectivity index (χ0v) is 13.1. The third-order valence-corrected chi connectivity index (χ3v) is 4.75. The average Bonchev–Trinajstić information content (AvgIpc) is 3.10. The quantitative estimate of drug-likeness (QED) is 0.841. The number of rotatable bonds is 2. The molecule has 1 unspecified atom stereocenters. The minimum atomic E-state index is -0.426. The van der Waals surface area contributed by atoms with Crippen LogP contribution in [0.15, 0.2) is 30.3 Å². The molecule has 5 nitrogen and oxygen atoms in total. The Kier molecular flexibility index (Phi) is 4.61. The largest absolute Gasteiger partial charge is 0.327 e. The van der Waals surface area contributed by atoms with Crippen LogP contribution in [0.3, 0.4) is 0 Å². The summed E-state index contributed by atoms with van der Waals surface area (Å²) >= 11 is 0. The minimum absolute atomic E-state index is 0.0574. The Morgan fingerprint density at radius 2 is 1.74 bits per heavy atom. The predicted octanol–water partition coefficient (Wildman–Crippen LogP) is 2.20. The molecule has 3 rings (SSSR count). The van der Waals surface area contributed by atoms with Gasteiger partial charge in [-0.1, -0.05) is 18.2 Å². The van der Waals surface area contributed by atoms with E-state index < -0.39 is 6.04 Å². The molecular weight excluding hydrogens is 290 g/mol. The van der Waals surface area contributed by atoms with Crippen molar-refractivity contribution < 1.29 is 9.59 Å². The van der Waals surface area contributed by atoms with E-state index in [2.05, 4.69) is 6.07 Å². The topological polar surface area (TPSA) is 64.4 Å². The lowest BCUT2D eigenvalue weighted by Gasteiger charge is -2.37. The van der Waals surface area contributed by atoms with Gasteiger partial charge in [0.15, 0.2) is 0 Å². The number of benzene rings is 1. The molecule has 120 valence electrons. The molecule has 1 aromatic carbocycles. The Balaban J connectivity index is 1.80. The van der Waals surface area contributed by atoms with E-state index in [1.807, 2.05) is 18.2 Å². The SMILES string of the molecule is N#CC1CCCN1C(=O)[C@@H]1CCCCN1C(=O)c1ccccc1. The highest BCUT2D eigenvalue weighted by atomic mass is 16.2. The van der Waals surface area contributed by atoms with Gasteiger partial charge in [0.2, 0.25) is 5.91 Å². The van der Waals surface area contributed by atoms with Gasteiger partial charge in [-0.2, -0.15) is 5.26 Å². The molecule has 0 bridgehead atoms. The van der Waals surface area contributed by atoms with Crippen LogP contribution in [0.4, 0.5) is 0 Å². The van der Waals surface area contributed by atoms with Crippen LogP contribution in [0.1, 0.15) is 42.5 Å². The van der Waals surface area contributed by atoms with Gasteiger partial charge in [-0.3, -0.25) is 9.59 Å². The summed E-state index contributed by atoms with van der Waals surface area (Å²) in [6.45, 7) is 1.23. The van der Waals surface area contributed by atoms with Crippen LogP contribution < -0.4 is 0 Å². The van der Waals surface area contributed by atoms with Crippen LogP contribution in [0, 0.1) is 11.3 Å². The number of carbonyl (C=O) groups is 2. The monoisotopic (exact) mass is 311 g/mol. The molecule has 5 heteroatoms. The Morgan fingerprint density at radius 1 is 1.00 bits per heavy atom. The number of hydrogen-bond donors (Lipinski definition) is 0. The molecule has 0 spiro atoms. The Hall–Kier alpha value is -2.35. The summed E-state index contributed by atoms with van der Waals surface area (Å²) in [6, 6.07) is 10.6. The van der Waals surface area contributed by atoms with E-state index in [1.54, 1.807) is 21.9 Å². The van der Waals surface area contributed by atoms with Crippen molar-refractivity contribution in [2.45, 2.75) is 44.2 Å². The van der Waals surface area contributed by atoms with E-state index in [-0.39, 0.29) is 17.9 Å². The van der Waals surface area contributed by atoms with Gasteiger partial charge in [0.25, 0.3) is 5.91 Å². The summed E-state index contributed by atoms with van der Waals surface area (Å²) in [5.41, 5.74) is 0.616. The van der Waals surface area contributed by atoms with E-state index in [1.165, 1.54) is 0 Å². The molecule has 2 aliphatic rings. The van der Waals surface area contributed by atoms with Crippen LogP contribution >= 0.6 is 0 Å². The van der Waals surface area contributed by atoms with Crippen LogP contribution in [-0.2, 0) is 4.79 Å². The zero-order valence-electron chi connectivity index (χ0n) is 13.1. The number of nitriles is 1.